The molecule has 0 unspecified atom stereocenters. The number of oxazole rings is 1. The zero-order chi connectivity index (χ0) is 23.8. The SMILES string of the molecule is CC[C@H](C)N(Cc1nc(C(=O)NCc2ccc(F)cc2)co1)Cc1cc(OC)ccc1OC. The second-order valence-corrected chi connectivity index (χ2v) is 7.78. The lowest BCUT2D eigenvalue weighted by Crippen LogP contribution is -2.32. The lowest BCUT2D eigenvalue weighted by Gasteiger charge is -2.28. The highest BCUT2D eigenvalue weighted by Crippen LogP contribution is 2.27. The molecule has 0 spiro atoms. The van der Waals surface area contributed by atoms with Crippen molar-refractivity contribution in [2.75, 3.05) is 14.2 Å². The first-order valence-corrected chi connectivity index (χ1v) is 10.9. The number of rotatable bonds is 11. The molecule has 0 fully saturated rings. The first-order chi connectivity index (χ1) is 15.9. The Hall–Kier alpha value is -3.39. The lowest BCUT2D eigenvalue weighted by atomic mass is 10.1. The average Bonchev–Trinajstić information content (AvgIpc) is 3.31. The van der Waals surface area contributed by atoms with Gasteiger partial charge in [0.1, 0.15) is 23.6 Å². The first-order valence-electron chi connectivity index (χ1n) is 10.9. The molecule has 0 aliphatic rings. The van der Waals surface area contributed by atoms with E-state index in [1.54, 1.807) is 26.4 Å². The van der Waals surface area contributed by atoms with E-state index in [0.29, 0.717) is 19.0 Å². The quantitative estimate of drug-likeness (QED) is 0.457. The van der Waals surface area contributed by atoms with Crippen LogP contribution in [0.15, 0.2) is 53.1 Å². The van der Waals surface area contributed by atoms with E-state index in [1.807, 2.05) is 18.2 Å². The smallest absolute Gasteiger partial charge is 0.273 e. The van der Waals surface area contributed by atoms with Gasteiger partial charge in [0.2, 0.25) is 5.89 Å². The van der Waals surface area contributed by atoms with Crippen LogP contribution in [0.4, 0.5) is 4.39 Å². The summed E-state index contributed by atoms with van der Waals surface area (Å²) in [5.74, 6) is 1.31. The molecule has 0 radical (unpaired) electrons. The number of methoxy groups -OCH3 is 2. The molecule has 0 bridgehead atoms. The fraction of sp³-hybridized carbons (Fsp3) is 0.360. The largest absolute Gasteiger partial charge is 0.497 e. The molecular formula is C25H30FN3O4. The van der Waals surface area contributed by atoms with E-state index in [2.05, 4.69) is 29.0 Å². The minimum absolute atomic E-state index is 0.204. The second-order valence-electron chi connectivity index (χ2n) is 7.78. The van der Waals surface area contributed by atoms with Gasteiger partial charge in [0.05, 0.1) is 20.8 Å². The van der Waals surface area contributed by atoms with Crippen LogP contribution in [0.5, 0.6) is 11.5 Å². The van der Waals surface area contributed by atoms with Crippen LogP contribution in [0.1, 0.15) is 47.8 Å². The van der Waals surface area contributed by atoms with E-state index >= 15 is 0 Å². The van der Waals surface area contributed by atoms with Crippen LogP contribution in [0, 0.1) is 5.82 Å². The van der Waals surface area contributed by atoms with Crippen LogP contribution in [0.3, 0.4) is 0 Å². The summed E-state index contributed by atoms with van der Waals surface area (Å²) in [7, 11) is 3.28. The standard InChI is InChI=1S/C25H30FN3O4/c1-5-17(2)29(14-19-12-21(31-3)10-11-23(19)32-4)15-24-28-22(16-33-24)25(30)27-13-18-6-8-20(26)9-7-18/h6-12,16-17H,5,13-15H2,1-4H3,(H,27,30)/t17-/m0/s1. The molecule has 176 valence electrons. The third-order valence-corrected chi connectivity index (χ3v) is 5.56. The molecule has 3 aromatic rings. The van der Waals surface area contributed by atoms with E-state index in [-0.39, 0.29) is 30.0 Å². The zero-order valence-electron chi connectivity index (χ0n) is 19.4. The number of hydrogen-bond donors (Lipinski definition) is 1. The molecular weight excluding hydrogens is 425 g/mol. The molecule has 1 heterocycles. The maximum absolute atomic E-state index is 13.0. The Morgan fingerprint density at radius 1 is 1.15 bits per heavy atom. The first kappa shape index (κ1) is 24.3. The van der Waals surface area contributed by atoms with Crippen molar-refractivity contribution in [3.8, 4) is 11.5 Å². The lowest BCUT2D eigenvalue weighted by molar-refractivity contribution is 0.0945. The average molecular weight is 456 g/mol. The number of halogens is 1. The van der Waals surface area contributed by atoms with Gasteiger partial charge in [-0.25, -0.2) is 9.37 Å². The van der Waals surface area contributed by atoms with Crippen molar-refractivity contribution in [1.29, 1.82) is 0 Å². The van der Waals surface area contributed by atoms with Crippen LogP contribution in [-0.2, 0) is 19.6 Å². The molecule has 0 aliphatic heterocycles. The van der Waals surface area contributed by atoms with E-state index in [9.17, 15) is 9.18 Å². The van der Waals surface area contributed by atoms with Crippen LogP contribution < -0.4 is 14.8 Å². The van der Waals surface area contributed by atoms with Gasteiger partial charge in [0.25, 0.3) is 5.91 Å². The Labute approximate surface area is 193 Å². The zero-order valence-corrected chi connectivity index (χ0v) is 19.4. The predicted octanol–water partition coefficient (Wildman–Crippen LogP) is 4.56. The molecule has 1 aromatic heterocycles. The van der Waals surface area contributed by atoms with Gasteiger partial charge in [-0.2, -0.15) is 0 Å². The molecule has 0 saturated heterocycles. The fourth-order valence-corrected chi connectivity index (χ4v) is 3.39. The molecule has 0 saturated carbocycles. The van der Waals surface area contributed by atoms with E-state index in [1.165, 1.54) is 18.4 Å². The molecule has 2 aromatic carbocycles. The molecule has 1 amide bonds. The van der Waals surface area contributed by atoms with Crippen LogP contribution in [0.2, 0.25) is 0 Å². The number of nitrogens with zero attached hydrogens (tertiary/aromatic N) is 2. The highest BCUT2D eigenvalue weighted by molar-refractivity contribution is 5.91. The summed E-state index contributed by atoms with van der Waals surface area (Å²) in [5, 5.41) is 2.77. The third-order valence-electron chi connectivity index (χ3n) is 5.56. The van der Waals surface area contributed by atoms with Gasteiger partial charge in [-0.15, -0.1) is 0 Å². The summed E-state index contributed by atoms with van der Waals surface area (Å²) < 4.78 is 29.5. The fourth-order valence-electron chi connectivity index (χ4n) is 3.39. The van der Waals surface area contributed by atoms with Gasteiger partial charge >= 0.3 is 0 Å². The van der Waals surface area contributed by atoms with Crippen molar-refractivity contribution in [3.63, 3.8) is 0 Å². The Kier molecular flexibility index (Phi) is 8.43. The van der Waals surface area contributed by atoms with E-state index in [0.717, 1.165) is 29.0 Å². The Morgan fingerprint density at radius 2 is 1.91 bits per heavy atom. The molecule has 1 atom stereocenters. The third kappa shape index (κ3) is 6.55. The van der Waals surface area contributed by atoms with Gasteiger partial charge < -0.3 is 19.2 Å². The van der Waals surface area contributed by atoms with Crippen molar-refractivity contribution >= 4 is 5.91 Å². The number of hydrogen-bond acceptors (Lipinski definition) is 6. The van der Waals surface area contributed by atoms with Crippen LogP contribution in [-0.4, -0.2) is 36.1 Å². The van der Waals surface area contributed by atoms with E-state index in [4.69, 9.17) is 13.9 Å². The van der Waals surface area contributed by atoms with Crippen molar-refractivity contribution in [2.24, 2.45) is 0 Å². The van der Waals surface area contributed by atoms with Gasteiger partial charge in [-0.05, 0) is 49.2 Å². The normalized spacial score (nSPS) is 11.9. The Morgan fingerprint density at radius 3 is 2.58 bits per heavy atom. The summed E-state index contributed by atoms with van der Waals surface area (Å²) in [6.07, 6.45) is 2.29. The van der Waals surface area contributed by atoms with Crippen LogP contribution >= 0.6 is 0 Å². The molecule has 7 nitrogen and oxygen atoms in total. The summed E-state index contributed by atoms with van der Waals surface area (Å²) in [6, 6.07) is 11.9. The number of aromatic nitrogens is 1. The summed E-state index contributed by atoms with van der Waals surface area (Å²) in [5.41, 5.74) is 1.99. The van der Waals surface area contributed by atoms with Crippen molar-refractivity contribution in [1.82, 2.24) is 15.2 Å². The van der Waals surface area contributed by atoms with Gasteiger partial charge in [-0.1, -0.05) is 19.1 Å². The van der Waals surface area contributed by atoms with Gasteiger partial charge in [0.15, 0.2) is 5.69 Å². The highest BCUT2D eigenvalue weighted by atomic mass is 19.1. The maximum Gasteiger partial charge on any atom is 0.273 e. The minimum Gasteiger partial charge on any atom is -0.497 e. The van der Waals surface area contributed by atoms with Crippen molar-refractivity contribution in [3.05, 3.63) is 77.3 Å². The number of ether oxygens (including phenoxy) is 2. The Balaban J connectivity index is 1.68. The number of amides is 1. The number of carbonyl (C=O) groups excluding carboxylic acids is 1. The number of nitrogens with one attached hydrogen (secondary N) is 1. The van der Waals surface area contributed by atoms with Crippen molar-refractivity contribution < 1.29 is 23.1 Å². The molecule has 33 heavy (non-hydrogen) atoms. The molecule has 0 aliphatic carbocycles. The van der Waals surface area contributed by atoms with Gasteiger partial charge in [0, 0.05) is 24.7 Å². The summed E-state index contributed by atoms with van der Waals surface area (Å²) >= 11 is 0. The van der Waals surface area contributed by atoms with Gasteiger partial charge in [-0.3, -0.25) is 9.69 Å². The molecule has 1 N–H and O–H groups in total. The van der Waals surface area contributed by atoms with E-state index < -0.39 is 0 Å². The topological polar surface area (TPSA) is 76.8 Å². The molecule has 3 rings (SSSR count). The second kappa shape index (κ2) is 11.5. The summed E-state index contributed by atoms with van der Waals surface area (Å²) in [6.45, 7) is 5.55. The maximum atomic E-state index is 13.0. The minimum atomic E-state index is -0.348. The Bertz CT molecular complexity index is 1050. The van der Waals surface area contributed by atoms with Crippen LogP contribution in [0.25, 0.3) is 0 Å². The highest BCUT2D eigenvalue weighted by Gasteiger charge is 2.20. The summed E-state index contributed by atoms with van der Waals surface area (Å²) in [4.78, 5) is 19.1. The molecule has 8 heteroatoms. The van der Waals surface area contributed by atoms with Crippen molar-refractivity contribution in [2.45, 2.75) is 45.9 Å². The predicted molar refractivity (Wildman–Crippen MR) is 123 cm³/mol. The monoisotopic (exact) mass is 455 g/mol. The number of carbonyl (C=O) groups is 1. The number of benzene rings is 2.